The van der Waals surface area contributed by atoms with Crippen LogP contribution in [-0.2, 0) is 0 Å². The van der Waals surface area contributed by atoms with Gasteiger partial charge in [0.15, 0.2) is 5.82 Å². The molecule has 0 atom stereocenters. The fourth-order valence-corrected chi connectivity index (χ4v) is 1.78. The molecule has 2 heterocycles. The number of pyridine rings is 1. The molecule has 0 fully saturated rings. The second-order valence-electron chi connectivity index (χ2n) is 4.71. The van der Waals surface area contributed by atoms with E-state index in [4.69, 9.17) is 0 Å². The van der Waals surface area contributed by atoms with Gasteiger partial charge in [-0.3, -0.25) is 4.98 Å². The molecule has 2 aromatic rings. The van der Waals surface area contributed by atoms with Crippen molar-refractivity contribution in [2.24, 2.45) is 0 Å². The van der Waals surface area contributed by atoms with E-state index in [0.717, 1.165) is 47.1 Å². The van der Waals surface area contributed by atoms with Crippen molar-refractivity contribution in [1.82, 2.24) is 15.0 Å². The van der Waals surface area contributed by atoms with E-state index in [1.54, 1.807) is 0 Å². The summed E-state index contributed by atoms with van der Waals surface area (Å²) in [5.41, 5.74) is 4.80. The summed E-state index contributed by atoms with van der Waals surface area (Å²) in [7, 11) is 0. The van der Waals surface area contributed by atoms with Crippen LogP contribution in [0.5, 0.6) is 0 Å². The number of rotatable bonds is 4. The predicted molar refractivity (Wildman–Crippen MR) is 78.3 cm³/mol. The fourth-order valence-electron chi connectivity index (χ4n) is 1.78. The molecule has 2 aromatic heterocycles. The molecule has 4 heteroatoms. The van der Waals surface area contributed by atoms with Gasteiger partial charge in [-0.1, -0.05) is 6.92 Å². The number of aromatic nitrogens is 3. The quantitative estimate of drug-likeness (QED) is 0.912. The SMILES string of the molecule is CCCNc1nc(C)c(C)nc1-c1ccc(C)nc1. The second kappa shape index (κ2) is 5.78. The Kier molecular flexibility index (Phi) is 4.10. The predicted octanol–water partition coefficient (Wildman–Crippen LogP) is 3.29. The van der Waals surface area contributed by atoms with Gasteiger partial charge < -0.3 is 5.32 Å². The zero-order chi connectivity index (χ0) is 13.8. The van der Waals surface area contributed by atoms with E-state index in [1.807, 2.05) is 39.1 Å². The molecular weight excluding hydrogens is 236 g/mol. The van der Waals surface area contributed by atoms with E-state index >= 15 is 0 Å². The Morgan fingerprint density at radius 2 is 1.79 bits per heavy atom. The third-order valence-corrected chi connectivity index (χ3v) is 3.03. The van der Waals surface area contributed by atoms with Crippen molar-refractivity contribution in [3.63, 3.8) is 0 Å². The van der Waals surface area contributed by atoms with Crippen molar-refractivity contribution < 1.29 is 0 Å². The molecule has 0 bridgehead atoms. The molecule has 0 aliphatic carbocycles. The summed E-state index contributed by atoms with van der Waals surface area (Å²) >= 11 is 0. The van der Waals surface area contributed by atoms with Crippen LogP contribution in [0.3, 0.4) is 0 Å². The maximum Gasteiger partial charge on any atom is 0.152 e. The van der Waals surface area contributed by atoms with Gasteiger partial charge in [-0.2, -0.15) is 0 Å². The van der Waals surface area contributed by atoms with Crippen molar-refractivity contribution in [3.8, 4) is 11.3 Å². The summed E-state index contributed by atoms with van der Waals surface area (Å²) in [4.78, 5) is 13.6. The highest BCUT2D eigenvalue weighted by atomic mass is 15.0. The van der Waals surface area contributed by atoms with E-state index in [9.17, 15) is 0 Å². The number of nitrogens with one attached hydrogen (secondary N) is 1. The third-order valence-electron chi connectivity index (χ3n) is 3.03. The first-order chi connectivity index (χ1) is 9.11. The Hall–Kier alpha value is -1.97. The molecule has 0 aliphatic rings. The molecule has 1 N–H and O–H groups in total. The van der Waals surface area contributed by atoms with Gasteiger partial charge in [0.25, 0.3) is 0 Å². The van der Waals surface area contributed by atoms with Gasteiger partial charge >= 0.3 is 0 Å². The lowest BCUT2D eigenvalue weighted by molar-refractivity contribution is 0.953. The van der Waals surface area contributed by atoms with Crippen LogP contribution < -0.4 is 5.32 Å². The third kappa shape index (κ3) is 3.08. The molecule has 2 rings (SSSR count). The molecule has 0 amide bonds. The highest BCUT2D eigenvalue weighted by Gasteiger charge is 2.11. The Labute approximate surface area is 114 Å². The molecule has 100 valence electrons. The molecule has 0 unspecified atom stereocenters. The van der Waals surface area contributed by atoms with Crippen LogP contribution in [0, 0.1) is 20.8 Å². The molecule has 0 radical (unpaired) electrons. The van der Waals surface area contributed by atoms with Crippen LogP contribution in [0.4, 0.5) is 5.82 Å². The molecule has 0 aliphatic heterocycles. The summed E-state index contributed by atoms with van der Waals surface area (Å²) in [6.45, 7) is 8.97. The van der Waals surface area contributed by atoms with Crippen LogP contribution in [0.25, 0.3) is 11.3 Å². The fraction of sp³-hybridized carbons (Fsp3) is 0.400. The topological polar surface area (TPSA) is 50.7 Å². The van der Waals surface area contributed by atoms with Crippen molar-refractivity contribution in [1.29, 1.82) is 0 Å². The first-order valence-corrected chi connectivity index (χ1v) is 6.64. The molecule has 0 saturated carbocycles. The standard InChI is InChI=1S/C15H20N4/c1-5-8-16-15-14(18-11(3)12(4)19-15)13-7-6-10(2)17-9-13/h6-7,9H,5,8H2,1-4H3,(H,16,19). The second-order valence-corrected chi connectivity index (χ2v) is 4.71. The molecule has 19 heavy (non-hydrogen) atoms. The summed E-state index contributed by atoms with van der Waals surface area (Å²) in [5, 5.41) is 3.34. The monoisotopic (exact) mass is 256 g/mol. The highest BCUT2D eigenvalue weighted by Crippen LogP contribution is 2.25. The number of anilines is 1. The maximum absolute atomic E-state index is 4.66. The smallest absolute Gasteiger partial charge is 0.152 e. The van der Waals surface area contributed by atoms with Gasteiger partial charge in [-0.15, -0.1) is 0 Å². The van der Waals surface area contributed by atoms with E-state index in [2.05, 4.69) is 27.2 Å². The Balaban J connectivity index is 2.47. The lowest BCUT2D eigenvalue weighted by atomic mass is 10.1. The zero-order valence-corrected chi connectivity index (χ0v) is 12.0. The number of nitrogens with zero attached hydrogens (tertiary/aromatic N) is 3. The highest BCUT2D eigenvalue weighted by molar-refractivity contribution is 5.71. The van der Waals surface area contributed by atoms with Crippen LogP contribution in [0.1, 0.15) is 30.4 Å². The van der Waals surface area contributed by atoms with Crippen molar-refractivity contribution >= 4 is 5.82 Å². The van der Waals surface area contributed by atoms with Gasteiger partial charge in [-0.25, -0.2) is 9.97 Å². The number of hydrogen-bond acceptors (Lipinski definition) is 4. The Morgan fingerprint density at radius 3 is 2.42 bits per heavy atom. The Bertz CT molecular complexity index is 561. The minimum Gasteiger partial charge on any atom is -0.368 e. The Morgan fingerprint density at radius 1 is 1.05 bits per heavy atom. The molecule has 0 spiro atoms. The van der Waals surface area contributed by atoms with Crippen LogP contribution >= 0.6 is 0 Å². The molecule has 0 saturated heterocycles. The number of hydrogen-bond donors (Lipinski definition) is 1. The first-order valence-electron chi connectivity index (χ1n) is 6.64. The van der Waals surface area contributed by atoms with Gasteiger partial charge in [0.2, 0.25) is 0 Å². The van der Waals surface area contributed by atoms with Gasteiger partial charge in [-0.05, 0) is 39.3 Å². The van der Waals surface area contributed by atoms with Gasteiger partial charge in [0.1, 0.15) is 5.69 Å². The molecule has 0 aromatic carbocycles. The summed E-state index contributed by atoms with van der Waals surface area (Å²) < 4.78 is 0. The van der Waals surface area contributed by atoms with E-state index in [-0.39, 0.29) is 0 Å². The minimum absolute atomic E-state index is 0.843. The molecule has 4 nitrogen and oxygen atoms in total. The summed E-state index contributed by atoms with van der Waals surface area (Å²) in [5.74, 6) is 0.843. The molecular formula is C15H20N4. The van der Waals surface area contributed by atoms with E-state index in [0.29, 0.717) is 0 Å². The lowest BCUT2D eigenvalue weighted by Gasteiger charge is -2.12. The largest absolute Gasteiger partial charge is 0.368 e. The maximum atomic E-state index is 4.66. The minimum atomic E-state index is 0.843. The first kappa shape index (κ1) is 13.5. The lowest BCUT2D eigenvalue weighted by Crippen LogP contribution is -2.07. The number of aryl methyl sites for hydroxylation is 3. The van der Waals surface area contributed by atoms with Crippen LogP contribution in [0.2, 0.25) is 0 Å². The van der Waals surface area contributed by atoms with Crippen molar-refractivity contribution in [2.75, 3.05) is 11.9 Å². The average molecular weight is 256 g/mol. The summed E-state index contributed by atoms with van der Waals surface area (Å²) in [6.07, 6.45) is 2.91. The normalized spacial score (nSPS) is 10.5. The zero-order valence-electron chi connectivity index (χ0n) is 12.0. The van der Waals surface area contributed by atoms with E-state index < -0.39 is 0 Å². The van der Waals surface area contributed by atoms with E-state index in [1.165, 1.54) is 0 Å². The summed E-state index contributed by atoms with van der Waals surface area (Å²) in [6, 6.07) is 4.04. The average Bonchev–Trinajstić information content (AvgIpc) is 2.41. The van der Waals surface area contributed by atoms with Crippen molar-refractivity contribution in [2.45, 2.75) is 34.1 Å². The van der Waals surface area contributed by atoms with Gasteiger partial charge in [0.05, 0.1) is 11.4 Å². The van der Waals surface area contributed by atoms with Crippen molar-refractivity contribution in [3.05, 3.63) is 35.4 Å². The van der Waals surface area contributed by atoms with Crippen LogP contribution in [-0.4, -0.2) is 21.5 Å². The van der Waals surface area contributed by atoms with Crippen LogP contribution in [0.15, 0.2) is 18.3 Å². The van der Waals surface area contributed by atoms with Gasteiger partial charge in [0, 0.05) is 24.0 Å².